The Labute approximate surface area is 128 Å². The van der Waals surface area contributed by atoms with Gasteiger partial charge in [0.25, 0.3) is 10.0 Å². The van der Waals surface area contributed by atoms with E-state index in [0.29, 0.717) is 18.6 Å². The third-order valence-electron chi connectivity index (χ3n) is 3.34. The molecule has 0 radical (unpaired) electrons. The minimum absolute atomic E-state index is 0.0796. The van der Waals surface area contributed by atoms with E-state index < -0.39 is 34.7 Å². The molecule has 10 heteroatoms. The Morgan fingerprint density at radius 2 is 2.36 bits per heavy atom. The van der Waals surface area contributed by atoms with Crippen molar-refractivity contribution in [3.63, 3.8) is 0 Å². The molecule has 0 saturated carbocycles. The van der Waals surface area contributed by atoms with Gasteiger partial charge in [0, 0.05) is 19.2 Å². The number of hydrogen-bond acceptors (Lipinski definition) is 6. The van der Waals surface area contributed by atoms with Crippen LogP contribution in [0.5, 0.6) is 0 Å². The summed E-state index contributed by atoms with van der Waals surface area (Å²) in [4.78, 5) is 10.6. The van der Waals surface area contributed by atoms with E-state index in [-0.39, 0.29) is 11.6 Å². The molecular formula is C12H19N3O6S. The lowest BCUT2D eigenvalue weighted by molar-refractivity contribution is -0.148. The molecule has 0 aliphatic carbocycles. The highest BCUT2D eigenvalue weighted by atomic mass is 32.2. The van der Waals surface area contributed by atoms with E-state index in [0.717, 1.165) is 0 Å². The van der Waals surface area contributed by atoms with Crippen LogP contribution < -0.4 is 4.72 Å². The van der Waals surface area contributed by atoms with Gasteiger partial charge < -0.3 is 14.6 Å². The second-order valence-corrected chi connectivity index (χ2v) is 6.72. The molecule has 1 aliphatic heterocycles. The van der Waals surface area contributed by atoms with Gasteiger partial charge in [-0.3, -0.25) is 4.68 Å². The van der Waals surface area contributed by atoms with Crippen LogP contribution in [0.1, 0.15) is 12.0 Å². The maximum Gasteiger partial charge on any atom is 0.329 e. The number of carbonyl (C=O) groups is 1. The van der Waals surface area contributed by atoms with Crippen LogP contribution in [-0.4, -0.2) is 61.2 Å². The van der Waals surface area contributed by atoms with Crippen molar-refractivity contribution < 1.29 is 27.8 Å². The number of carboxylic acids is 1. The largest absolute Gasteiger partial charge is 0.480 e. The number of aromatic nitrogens is 2. The fourth-order valence-electron chi connectivity index (χ4n) is 2.37. The highest BCUT2D eigenvalue weighted by Gasteiger charge is 2.33. The van der Waals surface area contributed by atoms with Crippen LogP contribution in [0.25, 0.3) is 0 Å². The summed E-state index contributed by atoms with van der Waals surface area (Å²) < 4.78 is 39.3. The van der Waals surface area contributed by atoms with E-state index in [1.807, 2.05) is 0 Å². The lowest BCUT2D eigenvalue weighted by Crippen LogP contribution is -2.50. The molecule has 0 aromatic carbocycles. The zero-order valence-electron chi connectivity index (χ0n) is 12.4. The van der Waals surface area contributed by atoms with E-state index in [9.17, 15) is 13.2 Å². The summed E-state index contributed by atoms with van der Waals surface area (Å²) in [6.07, 6.45) is 1.23. The summed E-state index contributed by atoms with van der Waals surface area (Å²) in [5, 5.41) is 12.7. The Morgan fingerprint density at radius 3 is 2.95 bits per heavy atom. The molecule has 1 fully saturated rings. The van der Waals surface area contributed by atoms with Gasteiger partial charge in [-0.25, -0.2) is 17.9 Å². The number of nitrogens with zero attached hydrogens (tertiary/aromatic N) is 2. The lowest BCUT2D eigenvalue weighted by atomic mass is 10.1. The summed E-state index contributed by atoms with van der Waals surface area (Å²) in [7, 11) is -2.24. The number of rotatable bonds is 6. The van der Waals surface area contributed by atoms with Gasteiger partial charge in [-0.2, -0.15) is 5.10 Å². The van der Waals surface area contributed by atoms with Crippen molar-refractivity contribution in [3.05, 3.63) is 11.8 Å². The molecule has 0 bridgehead atoms. The third-order valence-corrected chi connectivity index (χ3v) is 5.05. The molecule has 1 saturated heterocycles. The number of carboxylic acid groups (broad SMARTS) is 1. The number of aryl methyl sites for hydroxylation is 2. The van der Waals surface area contributed by atoms with Crippen molar-refractivity contribution >= 4 is 16.0 Å². The number of ether oxygens (including phenoxy) is 2. The molecule has 1 aromatic rings. The second-order valence-electron chi connectivity index (χ2n) is 5.09. The van der Waals surface area contributed by atoms with Gasteiger partial charge >= 0.3 is 5.97 Å². The smallest absolute Gasteiger partial charge is 0.329 e. The fraction of sp³-hybridized carbons (Fsp3) is 0.667. The van der Waals surface area contributed by atoms with Gasteiger partial charge in [0.05, 0.1) is 24.9 Å². The summed E-state index contributed by atoms with van der Waals surface area (Å²) in [6, 6.07) is -0.549. The summed E-state index contributed by atoms with van der Waals surface area (Å²) in [5.41, 5.74) is 0.532. The Morgan fingerprint density at radius 1 is 1.64 bits per heavy atom. The van der Waals surface area contributed by atoms with Crippen LogP contribution in [-0.2, 0) is 31.3 Å². The van der Waals surface area contributed by atoms with Gasteiger partial charge in [-0.05, 0) is 13.3 Å². The average molecular weight is 333 g/mol. The molecule has 124 valence electrons. The van der Waals surface area contributed by atoms with Crippen molar-refractivity contribution in [2.24, 2.45) is 7.05 Å². The van der Waals surface area contributed by atoms with Crippen LogP contribution in [0.15, 0.2) is 11.2 Å². The minimum Gasteiger partial charge on any atom is -0.480 e. The van der Waals surface area contributed by atoms with Gasteiger partial charge in [-0.15, -0.1) is 0 Å². The van der Waals surface area contributed by atoms with E-state index in [1.165, 1.54) is 10.9 Å². The molecule has 0 amide bonds. The molecule has 2 atom stereocenters. The Balaban J connectivity index is 2.14. The third kappa shape index (κ3) is 3.83. The Bertz CT molecular complexity index is 622. The van der Waals surface area contributed by atoms with E-state index in [2.05, 4.69) is 9.82 Å². The molecule has 2 N–H and O–H groups in total. The molecule has 1 aliphatic rings. The molecule has 0 unspecified atom stereocenters. The summed E-state index contributed by atoms with van der Waals surface area (Å²) in [6.45, 7) is 1.68. The number of sulfonamides is 1. The highest BCUT2D eigenvalue weighted by molar-refractivity contribution is 7.89. The lowest BCUT2D eigenvalue weighted by Gasteiger charge is -2.31. The van der Waals surface area contributed by atoms with Crippen molar-refractivity contribution in [1.82, 2.24) is 14.5 Å². The first-order valence-electron chi connectivity index (χ1n) is 6.73. The van der Waals surface area contributed by atoms with E-state index in [4.69, 9.17) is 14.6 Å². The molecule has 1 aromatic heterocycles. The molecular weight excluding hydrogens is 314 g/mol. The first-order chi connectivity index (χ1) is 10.3. The SMILES string of the molecule is Cc1cnn(C)c1S(=O)(=O)N[C@@H]1CCOC[C@H]1OCC(=O)O. The Kier molecular flexibility index (Phi) is 5.16. The number of nitrogens with one attached hydrogen (secondary N) is 1. The predicted octanol–water partition coefficient (Wildman–Crippen LogP) is -0.734. The molecule has 2 rings (SSSR count). The molecule has 22 heavy (non-hydrogen) atoms. The van der Waals surface area contributed by atoms with Crippen LogP contribution in [0.2, 0.25) is 0 Å². The van der Waals surface area contributed by atoms with Crippen LogP contribution in [0.4, 0.5) is 0 Å². The van der Waals surface area contributed by atoms with Crippen LogP contribution in [0, 0.1) is 6.92 Å². The first-order valence-corrected chi connectivity index (χ1v) is 8.21. The Hall–Kier alpha value is -1.49. The maximum absolute atomic E-state index is 12.5. The van der Waals surface area contributed by atoms with Gasteiger partial charge in [0.15, 0.2) is 5.03 Å². The van der Waals surface area contributed by atoms with Crippen LogP contribution >= 0.6 is 0 Å². The number of aliphatic carboxylic acids is 1. The van der Waals surface area contributed by atoms with E-state index in [1.54, 1.807) is 14.0 Å². The van der Waals surface area contributed by atoms with Crippen molar-refractivity contribution in [3.8, 4) is 0 Å². The maximum atomic E-state index is 12.5. The molecule has 9 nitrogen and oxygen atoms in total. The van der Waals surface area contributed by atoms with E-state index >= 15 is 0 Å². The monoisotopic (exact) mass is 333 g/mol. The second kappa shape index (κ2) is 6.73. The summed E-state index contributed by atoms with van der Waals surface area (Å²) >= 11 is 0. The van der Waals surface area contributed by atoms with Crippen molar-refractivity contribution in [2.45, 2.75) is 30.5 Å². The zero-order valence-corrected chi connectivity index (χ0v) is 13.2. The minimum atomic E-state index is -3.78. The number of hydrogen-bond donors (Lipinski definition) is 2. The summed E-state index contributed by atoms with van der Waals surface area (Å²) in [5.74, 6) is -1.12. The van der Waals surface area contributed by atoms with Crippen molar-refractivity contribution in [1.29, 1.82) is 0 Å². The quantitative estimate of drug-likeness (QED) is 0.704. The topological polar surface area (TPSA) is 120 Å². The average Bonchev–Trinajstić information content (AvgIpc) is 2.77. The van der Waals surface area contributed by atoms with Gasteiger partial charge in [0.2, 0.25) is 0 Å². The normalized spacial score (nSPS) is 22.6. The first kappa shape index (κ1) is 16.9. The van der Waals surface area contributed by atoms with Gasteiger partial charge in [-0.1, -0.05) is 0 Å². The van der Waals surface area contributed by atoms with Gasteiger partial charge in [0.1, 0.15) is 6.61 Å². The molecule has 2 heterocycles. The standard InChI is InChI=1S/C12H19N3O6S/c1-8-5-13-15(2)12(8)22(18,19)14-9-3-4-20-6-10(9)21-7-11(16)17/h5,9-10,14H,3-4,6-7H2,1-2H3,(H,16,17)/t9-,10-/m1/s1. The predicted molar refractivity (Wildman–Crippen MR) is 74.9 cm³/mol. The highest BCUT2D eigenvalue weighted by Crippen LogP contribution is 2.18. The molecule has 0 spiro atoms. The zero-order chi connectivity index (χ0) is 16.3. The van der Waals surface area contributed by atoms with Crippen LogP contribution in [0.3, 0.4) is 0 Å². The fourth-order valence-corrected chi connectivity index (χ4v) is 4.02. The van der Waals surface area contributed by atoms with Crippen molar-refractivity contribution in [2.75, 3.05) is 19.8 Å².